The van der Waals surface area contributed by atoms with Gasteiger partial charge in [-0.3, -0.25) is 0 Å². The Hall–Kier alpha value is -2.14. The maximum atomic E-state index is 11.5. The predicted molar refractivity (Wildman–Crippen MR) is 81.9 cm³/mol. The number of hydrogen-bond donors (Lipinski definition) is 0. The summed E-state index contributed by atoms with van der Waals surface area (Å²) in [6, 6.07) is 3.46. The van der Waals surface area contributed by atoms with E-state index in [1.807, 2.05) is 0 Å². The Kier molecular flexibility index (Phi) is 3.88. The smallest absolute Gasteiger partial charge is 0.283 e. The van der Waals surface area contributed by atoms with Crippen LogP contribution < -0.4 is 0 Å². The van der Waals surface area contributed by atoms with Crippen LogP contribution in [0.5, 0.6) is 0 Å². The van der Waals surface area contributed by atoms with Crippen LogP contribution in [0.1, 0.15) is 24.1 Å². The van der Waals surface area contributed by atoms with E-state index in [0.29, 0.717) is 40.8 Å². The minimum atomic E-state index is -2.99. The van der Waals surface area contributed by atoms with Crippen molar-refractivity contribution in [3.63, 3.8) is 0 Å². The van der Waals surface area contributed by atoms with Gasteiger partial charge >= 0.3 is 0 Å². The van der Waals surface area contributed by atoms with Crippen molar-refractivity contribution in [2.24, 2.45) is 0 Å². The summed E-state index contributed by atoms with van der Waals surface area (Å²) in [4.78, 5) is 0. The normalized spacial score (nSPS) is 19.8. The molecule has 1 atom stereocenters. The topological polar surface area (TPSA) is 125 Å². The lowest BCUT2D eigenvalue weighted by Crippen LogP contribution is -2.03. The van der Waals surface area contributed by atoms with Crippen molar-refractivity contribution in [2.75, 3.05) is 11.5 Å². The zero-order valence-electron chi connectivity index (χ0n) is 12.3. The molecule has 1 saturated heterocycles. The second-order valence-electron chi connectivity index (χ2n) is 5.27. The molecule has 0 spiro atoms. The van der Waals surface area contributed by atoms with Gasteiger partial charge in [-0.1, -0.05) is 11.8 Å². The standard InChI is InChI=1S/C13H12N4O5S2/c18-24(19)5-3-8(7-24)11-15-17-13(22-11)23-6-10-14-16-12(21-10)9-2-1-4-20-9/h1-2,4,8H,3,5-7H2/t8-/m0/s1. The first kappa shape index (κ1) is 15.4. The molecule has 3 aromatic rings. The van der Waals surface area contributed by atoms with E-state index in [1.165, 1.54) is 18.0 Å². The zero-order valence-corrected chi connectivity index (χ0v) is 13.9. The summed E-state index contributed by atoms with van der Waals surface area (Å²) < 4.78 is 39.2. The Balaban J connectivity index is 1.38. The van der Waals surface area contributed by atoms with Gasteiger partial charge in [-0.25, -0.2) is 8.42 Å². The molecule has 0 unspecified atom stereocenters. The van der Waals surface area contributed by atoms with Crippen molar-refractivity contribution in [3.05, 3.63) is 30.2 Å². The number of hydrogen-bond acceptors (Lipinski definition) is 10. The second kappa shape index (κ2) is 6.06. The summed E-state index contributed by atoms with van der Waals surface area (Å²) in [5.41, 5.74) is 0. The summed E-state index contributed by atoms with van der Waals surface area (Å²) in [5, 5.41) is 16.0. The maximum absolute atomic E-state index is 11.5. The highest BCUT2D eigenvalue weighted by Gasteiger charge is 2.32. The first-order valence-corrected chi connectivity index (χ1v) is 9.93. The second-order valence-corrected chi connectivity index (χ2v) is 8.43. The first-order chi connectivity index (χ1) is 11.6. The van der Waals surface area contributed by atoms with E-state index < -0.39 is 9.84 Å². The molecule has 0 saturated carbocycles. The molecule has 4 heterocycles. The van der Waals surface area contributed by atoms with Gasteiger partial charge in [0.25, 0.3) is 11.1 Å². The molecule has 0 aromatic carbocycles. The quantitative estimate of drug-likeness (QED) is 0.616. The molecule has 0 aliphatic carbocycles. The van der Waals surface area contributed by atoms with Crippen LogP contribution in [-0.4, -0.2) is 40.3 Å². The monoisotopic (exact) mass is 368 g/mol. The molecule has 4 rings (SSSR count). The van der Waals surface area contributed by atoms with Gasteiger partial charge in [0.1, 0.15) is 0 Å². The van der Waals surface area contributed by atoms with E-state index in [4.69, 9.17) is 13.3 Å². The van der Waals surface area contributed by atoms with Crippen LogP contribution in [0.15, 0.2) is 36.9 Å². The Labute approximate surface area is 140 Å². The number of nitrogens with zero attached hydrogens (tertiary/aromatic N) is 4. The fraction of sp³-hybridized carbons (Fsp3) is 0.385. The van der Waals surface area contributed by atoms with Crippen molar-refractivity contribution in [1.29, 1.82) is 0 Å². The van der Waals surface area contributed by atoms with Crippen molar-refractivity contribution in [1.82, 2.24) is 20.4 Å². The highest BCUT2D eigenvalue weighted by atomic mass is 32.2. The fourth-order valence-corrected chi connectivity index (χ4v) is 4.71. The van der Waals surface area contributed by atoms with Crippen LogP contribution in [0.3, 0.4) is 0 Å². The third-order valence-electron chi connectivity index (χ3n) is 3.52. The molecular formula is C13H12N4O5S2. The molecule has 1 aliphatic rings. The van der Waals surface area contributed by atoms with Gasteiger partial charge in [-0.15, -0.1) is 20.4 Å². The lowest BCUT2D eigenvalue weighted by atomic mass is 10.1. The molecule has 0 amide bonds. The van der Waals surface area contributed by atoms with Gasteiger partial charge in [0, 0.05) is 0 Å². The summed E-state index contributed by atoms with van der Waals surface area (Å²) >= 11 is 1.25. The van der Waals surface area contributed by atoms with Crippen molar-refractivity contribution in [3.8, 4) is 11.7 Å². The Bertz CT molecular complexity index is 931. The van der Waals surface area contributed by atoms with Gasteiger partial charge in [-0.2, -0.15) is 0 Å². The number of thioether (sulfide) groups is 1. The van der Waals surface area contributed by atoms with Crippen molar-refractivity contribution < 1.29 is 21.7 Å². The van der Waals surface area contributed by atoms with Crippen LogP contribution in [0.2, 0.25) is 0 Å². The molecule has 0 bridgehead atoms. The van der Waals surface area contributed by atoms with Crippen LogP contribution >= 0.6 is 11.8 Å². The molecule has 0 radical (unpaired) electrons. The first-order valence-electron chi connectivity index (χ1n) is 7.12. The van der Waals surface area contributed by atoms with Crippen molar-refractivity contribution >= 4 is 21.6 Å². The largest absolute Gasteiger partial charge is 0.459 e. The Morgan fingerprint density at radius 2 is 2.12 bits per heavy atom. The summed E-state index contributed by atoms with van der Waals surface area (Å²) in [6.07, 6.45) is 2.04. The predicted octanol–water partition coefficient (Wildman–Crippen LogP) is 1.91. The fourth-order valence-electron chi connectivity index (χ4n) is 2.37. The Morgan fingerprint density at radius 1 is 1.21 bits per heavy atom. The van der Waals surface area contributed by atoms with E-state index >= 15 is 0 Å². The van der Waals surface area contributed by atoms with Gasteiger partial charge < -0.3 is 13.3 Å². The lowest BCUT2D eigenvalue weighted by Gasteiger charge is -1.98. The van der Waals surface area contributed by atoms with E-state index in [-0.39, 0.29) is 17.4 Å². The molecule has 9 nitrogen and oxygen atoms in total. The zero-order chi connectivity index (χ0) is 16.6. The number of furan rings is 1. The lowest BCUT2D eigenvalue weighted by molar-refractivity contribution is 0.392. The number of aromatic nitrogens is 4. The molecule has 3 aromatic heterocycles. The minimum absolute atomic E-state index is 0.0649. The van der Waals surface area contributed by atoms with Gasteiger partial charge in [-0.05, 0) is 18.6 Å². The number of rotatable bonds is 5. The van der Waals surface area contributed by atoms with Crippen LogP contribution in [-0.2, 0) is 15.6 Å². The van der Waals surface area contributed by atoms with E-state index in [9.17, 15) is 8.42 Å². The molecule has 0 N–H and O–H groups in total. The molecule has 11 heteroatoms. The highest BCUT2D eigenvalue weighted by molar-refractivity contribution is 7.98. The third kappa shape index (κ3) is 3.22. The van der Waals surface area contributed by atoms with Crippen molar-refractivity contribution in [2.45, 2.75) is 23.3 Å². The number of sulfone groups is 1. The van der Waals surface area contributed by atoms with Crippen LogP contribution in [0.4, 0.5) is 0 Å². The summed E-state index contributed by atoms with van der Waals surface area (Å²) in [6.45, 7) is 0. The minimum Gasteiger partial charge on any atom is -0.459 e. The molecule has 24 heavy (non-hydrogen) atoms. The molecular weight excluding hydrogens is 356 g/mol. The van der Waals surface area contributed by atoms with Crippen LogP contribution in [0, 0.1) is 0 Å². The summed E-state index contributed by atoms with van der Waals surface area (Å²) in [7, 11) is -2.99. The molecule has 126 valence electrons. The summed E-state index contributed by atoms with van der Waals surface area (Å²) in [5.74, 6) is 1.94. The van der Waals surface area contributed by atoms with Gasteiger partial charge in [0.15, 0.2) is 15.6 Å². The van der Waals surface area contributed by atoms with E-state index in [1.54, 1.807) is 12.1 Å². The maximum Gasteiger partial charge on any atom is 0.283 e. The average Bonchev–Trinajstić information content (AvgIpc) is 3.32. The SMILES string of the molecule is O=S1(=O)CC[C@H](c2nnc(SCc3nnc(-c4ccco4)o3)o2)C1. The van der Waals surface area contributed by atoms with E-state index in [2.05, 4.69) is 20.4 Å². The van der Waals surface area contributed by atoms with Gasteiger partial charge in [0.05, 0.1) is 29.4 Å². The molecule has 1 fully saturated rings. The highest BCUT2D eigenvalue weighted by Crippen LogP contribution is 2.30. The van der Waals surface area contributed by atoms with Crippen LogP contribution in [0.25, 0.3) is 11.7 Å². The van der Waals surface area contributed by atoms with E-state index in [0.717, 1.165) is 0 Å². The third-order valence-corrected chi connectivity index (χ3v) is 6.09. The van der Waals surface area contributed by atoms with Gasteiger partial charge in [0.2, 0.25) is 11.8 Å². The average molecular weight is 368 g/mol. The molecule has 1 aliphatic heterocycles. The Morgan fingerprint density at radius 3 is 2.88 bits per heavy atom.